The zero-order valence-corrected chi connectivity index (χ0v) is 14.5. The number of nitrogens with zero attached hydrogens (tertiary/aromatic N) is 1. The van der Waals surface area contributed by atoms with Gasteiger partial charge in [-0.05, 0) is 49.0 Å². The highest BCUT2D eigenvalue weighted by Crippen LogP contribution is 2.30. The molecule has 3 aromatic rings. The predicted molar refractivity (Wildman–Crippen MR) is 96.8 cm³/mol. The molecule has 1 aromatic heterocycles. The second kappa shape index (κ2) is 6.49. The number of aromatic amines is 1. The maximum atomic E-state index is 12.9. The minimum Gasteiger partial charge on any atom is -0.493 e. The average Bonchev–Trinajstić information content (AvgIpc) is 2.61. The van der Waals surface area contributed by atoms with Crippen LogP contribution >= 0.6 is 12.2 Å². The molecule has 0 aliphatic rings. The molecule has 0 radical (unpaired) electrons. The Morgan fingerprint density at radius 2 is 1.79 bits per heavy atom. The molecule has 0 aliphatic heterocycles. The van der Waals surface area contributed by atoms with Crippen molar-refractivity contribution in [2.75, 3.05) is 14.2 Å². The number of benzene rings is 2. The predicted octanol–water partition coefficient (Wildman–Crippen LogP) is 3.69. The van der Waals surface area contributed by atoms with E-state index in [2.05, 4.69) is 4.98 Å². The van der Waals surface area contributed by atoms with Gasteiger partial charge in [0.1, 0.15) is 0 Å². The summed E-state index contributed by atoms with van der Waals surface area (Å²) in [6.45, 7) is 1.93. The summed E-state index contributed by atoms with van der Waals surface area (Å²) in [4.78, 5) is 16.0. The summed E-state index contributed by atoms with van der Waals surface area (Å²) in [6.07, 6.45) is 0. The fourth-order valence-corrected chi connectivity index (χ4v) is 3.14. The Hall–Kier alpha value is -2.60. The van der Waals surface area contributed by atoms with E-state index in [1.54, 1.807) is 24.9 Å². The Kier molecular flexibility index (Phi) is 4.40. The number of H-pyrrole nitrogens is 1. The van der Waals surface area contributed by atoms with Gasteiger partial charge in [0, 0.05) is 0 Å². The van der Waals surface area contributed by atoms with Gasteiger partial charge >= 0.3 is 0 Å². The minimum atomic E-state index is -0.245. The molecule has 6 heteroatoms. The van der Waals surface area contributed by atoms with Gasteiger partial charge in [0.05, 0.1) is 31.2 Å². The second-order valence-electron chi connectivity index (χ2n) is 5.44. The fourth-order valence-electron chi connectivity index (χ4n) is 2.79. The van der Waals surface area contributed by atoms with Crippen LogP contribution in [0.15, 0.2) is 47.3 Å². The summed E-state index contributed by atoms with van der Waals surface area (Å²) < 4.78 is 12.6. The number of rotatable bonds is 4. The summed E-state index contributed by atoms with van der Waals surface area (Å²) in [5.41, 5.74) is 1.53. The first-order valence-corrected chi connectivity index (χ1v) is 7.93. The molecule has 0 spiro atoms. The first kappa shape index (κ1) is 16.3. The van der Waals surface area contributed by atoms with E-state index in [1.807, 2.05) is 43.3 Å². The van der Waals surface area contributed by atoms with E-state index in [4.69, 9.17) is 21.7 Å². The van der Waals surface area contributed by atoms with Gasteiger partial charge < -0.3 is 14.5 Å². The molecule has 0 bridgehead atoms. The van der Waals surface area contributed by atoms with Crippen molar-refractivity contribution in [2.45, 2.75) is 13.0 Å². The Labute approximate surface area is 144 Å². The highest BCUT2D eigenvalue weighted by atomic mass is 32.1. The fraction of sp³-hybridized carbons (Fsp3) is 0.222. The second-order valence-corrected chi connectivity index (χ2v) is 5.83. The number of methoxy groups -OCH3 is 2. The Bertz CT molecular complexity index is 1010. The van der Waals surface area contributed by atoms with Crippen molar-refractivity contribution in [3.8, 4) is 11.5 Å². The van der Waals surface area contributed by atoms with Crippen LogP contribution in [0, 0.1) is 4.77 Å². The molecule has 5 nitrogen and oxygen atoms in total. The lowest BCUT2D eigenvalue weighted by atomic mass is 10.1. The lowest BCUT2D eigenvalue weighted by molar-refractivity contribution is 0.354. The number of fused-ring (bicyclic) bond motifs is 1. The summed E-state index contributed by atoms with van der Waals surface area (Å²) in [6, 6.07) is 12.7. The van der Waals surface area contributed by atoms with Gasteiger partial charge in [-0.25, -0.2) is 0 Å². The third-order valence-electron chi connectivity index (χ3n) is 4.11. The molecular formula is C18H18N2O3S. The quantitative estimate of drug-likeness (QED) is 0.735. The topological polar surface area (TPSA) is 56.2 Å². The van der Waals surface area contributed by atoms with Crippen LogP contribution in [0.4, 0.5) is 0 Å². The largest absolute Gasteiger partial charge is 0.493 e. The van der Waals surface area contributed by atoms with Crippen LogP contribution in [0.5, 0.6) is 11.5 Å². The van der Waals surface area contributed by atoms with Crippen molar-refractivity contribution in [3.63, 3.8) is 0 Å². The molecule has 0 aliphatic carbocycles. The number of hydrogen-bond acceptors (Lipinski definition) is 4. The van der Waals surface area contributed by atoms with E-state index in [9.17, 15) is 4.79 Å². The van der Waals surface area contributed by atoms with Gasteiger partial charge in [-0.2, -0.15) is 0 Å². The Balaban J connectivity index is 2.17. The van der Waals surface area contributed by atoms with Gasteiger partial charge in [0.2, 0.25) is 0 Å². The number of nitrogens with one attached hydrogen (secondary N) is 1. The van der Waals surface area contributed by atoms with E-state index in [0.717, 1.165) is 11.1 Å². The van der Waals surface area contributed by atoms with Crippen LogP contribution in [0.3, 0.4) is 0 Å². The molecule has 24 heavy (non-hydrogen) atoms. The van der Waals surface area contributed by atoms with Crippen LogP contribution in [0.1, 0.15) is 18.5 Å². The maximum absolute atomic E-state index is 12.9. The van der Waals surface area contributed by atoms with Crippen molar-refractivity contribution in [2.24, 2.45) is 0 Å². The summed E-state index contributed by atoms with van der Waals surface area (Å²) in [5.74, 6) is 1.26. The SMILES string of the molecule is COc1ccc([C@H](C)n2c(=S)[nH]c3ccccc3c2=O)cc1OC. The van der Waals surface area contributed by atoms with Crippen molar-refractivity contribution >= 4 is 23.1 Å². The normalized spacial score (nSPS) is 12.1. The molecule has 124 valence electrons. The molecule has 1 N–H and O–H groups in total. The van der Waals surface area contributed by atoms with Crippen LogP contribution < -0.4 is 15.0 Å². The third-order valence-corrected chi connectivity index (χ3v) is 4.41. The Morgan fingerprint density at radius 1 is 1.08 bits per heavy atom. The summed E-state index contributed by atoms with van der Waals surface area (Å²) in [7, 11) is 3.17. The van der Waals surface area contributed by atoms with Gasteiger partial charge in [-0.1, -0.05) is 18.2 Å². The van der Waals surface area contributed by atoms with Crippen molar-refractivity contribution < 1.29 is 9.47 Å². The van der Waals surface area contributed by atoms with Crippen LogP contribution in [0.25, 0.3) is 10.9 Å². The average molecular weight is 342 g/mol. The first-order chi connectivity index (χ1) is 11.6. The lowest BCUT2D eigenvalue weighted by Gasteiger charge is -2.18. The van der Waals surface area contributed by atoms with Gasteiger partial charge in [-0.15, -0.1) is 0 Å². The molecule has 0 amide bonds. The monoisotopic (exact) mass is 342 g/mol. The van der Waals surface area contributed by atoms with E-state index in [-0.39, 0.29) is 11.6 Å². The van der Waals surface area contributed by atoms with E-state index >= 15 is 0 Å². The van der Waals surface area contributed by atoms with E-state index in [0.29, 0.717) is 21.7 Å². The third kappa shape index (κ3) is 2.69. The van der Waals surface area contributed by atoms with E-state index in [1.165, 1.54) is 0 Å². The van der Waals surface area contributed by atoms with Gasteiger partial charge in [-0.3, -0.25) is 9.36 Å². The number of ether oxygens (including phenoxy) is 2. The smallest absolute Gasteiger partial charge is 0.262 e. The van der Waals surface area contributed by atoms with Crippen LogP contribution in [-0.4, -0.2) is 23.8 Å². The molecule has 3 rings (SSSR count). The molecular weight excluding hydrogens is 324 g/mol. The molecule has 0 unspecified atom stereocenters. The molecule has 0 fully saturated rings. The minimum absolute atomic E-state index is 0.114. The summed E-state index contributed by atoms with van der Waals surface area (Å²) >= 11 is 5.40. The van der Waals surface area contributed by atoms with Crippen molar-refractivity contribution in [1.82, 2.24) is 9.55 Å². The highest BCUT2D eigenvalue weighted by molar-refractivity contribution is 7.71. The summed E-state index contributed by atoms with van der Waals surface area (Å²) in [5, 5.41) is 0.610. The number of aromatic nitrogens is 2. The highest BCUT2D eigenvalue weighted by Gasteiger charge is 2.15. The number of hydrogen-bond donors (Lipinski definition) is 1. The van der Waals surface area contributed by atoms with Gasteiger partial charge in [0.15, 0.2) is 16.3 Å². The zero-order valence-electron chi connectivity index (χ0n) is 13.7. The van der Waals surface area contributed by atoms with Crippen LogP contribution in [-0.2, 0) is 0 Å². The maximum Gasteiger partial charge on any atom is 0.262 e. The van der Waals surface area contributed by atoms with Crippen molar-refractivity contribution in [3.05, 3.63) is 63.2 Å². The molecule has 0 saturated heterocycles. The van der Waals surface area contributed by atoms with Crippen LogP contribution in [0.2, 0.25) is 0 Å². The first-order valence-electron chi connectivity index (χ1n) is 7.52. The number of para-hydroxylation sites is 1. The zero-order chi connectivity index (χ0) is 17.3. The standard InChI is InChI=1S/C18H18N2O3S/c1-11(12-8-9-15(22-2)16(10-12)23-3)20-17(21)13-6-4-5-7-14(13)19-18(20)24/h4-11H,1-3H3,(H,19,24)/t11-/m0/s1. The Morgan fingerprint density at radius 3 is 2.50 bits per heavy atom. The molecule has 1 heterocycles. The molecule has 1 atom stereocenters. The van der Waals surface area contributed by atoms with Gasteiger partial charge in [0.25, 0.3) is 5.56 Å². The molecule has 2 aromatic carbocycles. The van der Waals surface area contributed by atoms with E-state index < -0.39 is 0 Å². The molecule has 0 saturated carbocycles. The lowest BCUT2D eigenvalue weighted by Crippen LogP contribution is -2.25. The van der Waals surface area contributed by atoms with Crippen molar-refractivity contribution in [1.29, 1.82) is 0 Å².